The molecule has 18 heavy (non-hydrogen) atoms. The molecule has 1 rings (SSSR count). The number of ether oxygens (including phenoxy) is 2. The number of benzene rings is 1. The first-order valence-electron chi connectivity index (χ1n) is 6.59. The summed E-state index contributed by atoms with van der Waals surface area (Å²) in [6.07, 6.45) is 0.411. The van der Waals surface area contributed by atoms with Gasteiger partial charge in [0.25, 0.3) is 0 Å². The molecule has 0 saturated heterocycles. The summed E-state index contributed by atoms with van der Waals surface area (Å²) in [5, 5.41) is 3.28. The fourth-order valence-electron chi connectivity index (χ4n) is 1.75. The highest BCUT2D eigenvalue weighted by Crippen LogP contribution is 2.26. The topological polar surface area (TPSA) is 30.5 Å². The molecule has 0 bridgehead atoms. The molecule has 0 spiro atoms. The summed E-state index contributed by atoms with van der Waals surface area (Å²) in [6, 6.07) is 8.28. The van der Waals surface area contributed by atoms with Crippen molar-refractivity contribution in [3.8, 4) is 5.75 Å². The quantitative estimate of drug-likeness (QED) is 0.807. The molecule has 1 aromatic carbocycles. The summed E-state index contributed by atoms with van der Waals surface area (Å²) in [7, 11) is 1.94. The SMILES string of the molecule is CNC(COC(C)C)c1ccccc1OC(C)C. The van der Waals surface area contributed by atoms with E-state index in [9.17, 15) is 0 Å². The lowest BCUT2D eigenvalue weighted by atomic mass is 10.1. The van der Waals surface area contributed by atoms with E-state index in [1.165, 1.54) is 0 Å². The van der Waals surface area contributed by atoms with Crippen molar-refractivity contribution in [1.82, 2.24) is 5.32 Å². The molecule has 1 atom stereocenters. The van der Waals surface area contributed by atoms with E-state index in [1.54, 1.807) is 0 Å². The van der Waals surface area contributed by atoms with Crippen molar-refractivity contribution in [3.05, 3.63) is 29.8 Å². The van der Waals surface area contributed by atoms with Crippen LogP contribution < -0.4 is 10.1 Å². The van der Waals surface area contributed by atoms with Gasteiger partial charge in [-0.05, 0) is 40.8 Å². The minimum absolute atomic E-state index is 0.155. The molecule has 1 unspecified atom stereocenters. The van der Waals surface area contributed by atoms with Crippen LogP contribution >= 0.6 is 0 Å². The highest BCUT2D eigenvalue weighted by atomic mass is 16.5. The Balaban J connectivity index is 2.83. The van der Waals surface area contributed by atoms with Gasteiger partial charge in [0.2, 0.25) is 0 Å². The van der Waals surface area contributed by atoms with E-state index in [1.807, 2.05) is 52.9 Å². The summed E-state index contributed by atoms with van der Waals surface area (Å²) in [5.74, 6) is 0.930. The lowest BCUT2D eigenvalue weighted by Crippen LogP contribution is -2.24. The van der Waals surface area contributed by atoms with Crippen molar-refractivity contribution < 1.29 is 9.47 Å². The molecular formula is C15H25NO2. The van der Waals surface area contributed by atoms with Crippen LogP contribution in [-0.4, -0.2) is 25.9 Å². The van der Waals surface area contributed by atoms with E-state index in [4.69, 9.17) is 9.47 Å². The van der Waals surface area contributed by atoms with Crippen LogP contribution in [0, 0.1) is 0 Å². The lowest BCUT2D eigenvalue weighted by molar-refractivity contribution is 0.0617. The zero-order valence-corrected chi connectivity index (χ0v) is 12.1. The molecule has 1 aromatic rings. The summed E-state index contributed by atoms with van der Waals surface area (Å²) in [5.41, 5.74) is 1.15. The highest BCUT2D eigenvalue weighted by molar-refractivity contribution is 5.36. The molecule has 0 aromatic heterocycles. The van der Waals surface area contributed by atoms with Crippen molar-refractivity contribution in [2.24, 2.45) is 0 Å². The Kier molecular flexibility index (Phi) is 6.16. The number of rotatable bonds is 7. The third-order valence-corrected chi connectivity index (χ3v) is 2.60. The first kappa shape index (κ1) is 15.0. The highest BCUT2D eigenvalue weighted by Gasteiger charge is 2.15. The maximum Gasteiger partial charge on any atom is 0.124 e. The van der Waals surface area contributed by atoms with E-state index in [2.05, 4.69) is 11.4 Å². The smallest absolute Gasteiger partial charge is 0.124 e. The van der Waals surface area contributed by atoms with Crippen molar-refractivity contribution in [2.75, 3.05) is 13.7 Å². The van der Waals surface area contributed by atoms with Crippen LogP contribution in [0.15, 0.2) is 24.3 Å². The second-order valence-electron chi connectivity index (χ2n) is 4.93. The number of para-hydroxylation sites is 1. The van der Waals surface area contributed by atoms with E-state index >= 15 is 0 Å². The van der Waals surface area contributed by atoms with Crippen molar-refractivity contribution in [1.29, 1.82) is 0 Å². The second-order valence-corrected chi connectivity index (χ2v) is 4.93. The molecule has 0 fully saturated rings. The summed E-state index contributed by atoms with van der Waals surface area (Å²) >= 11 is 0. The Morgan fingerprint density at radius 2 is 1.72 bits per heavy atom. The van der Waals surface area contributed by atoms with Gasteiger partial charge in [-0.2, -0.15) is 0 Å². The van der Waals surface area contributed by atoms with Gasteiger partial charge in [-0.15, -0.1) is 0 Å². The van der Waals surface area contributed by atoms with E-state index in [-0.39, 0.29) is 18.2 Å². The molecule has 0 amide bonds. The van der Waals surface area contributed by atoms with Gasteiger partial charge in [0.05, 0.1) is 24.9 Å². The molecule has 3 nitrogen and oxygen atoms in total. The van der Waals surface area contributed by atoms with Crippen LogP contribution in [0.3, 0.4) is 0 Å². The number of likely N-dealkylation sites (N-methyl/N-ethyl adjacent to an activating group) is 1. The van der Waals surface area contributed by atoms with Gasteiger partial charge < -0.3 is 14.8 Å². The molecule has 0 aliphatic rings. The molecule has 3 heteroatoms. The van der Waals surface area contributed by atoms with Gasteiger partial charge in [0.15, 0.2) is 0 Å². The largest absolute Gasteiger partial charge is 0.491 e. The molecule has 1 N–H and O–H groups in total. The van der Waals surface area contributed by atoms with E-state index < -0.39 is 0 Å². The monoisotopic (exact) mass is 251 g/mol. The fourth-order valence-corrected chi connectivity index (χ4v) is 1.75. The predicted molar refractivity (Wildman–Crippen MR) is 75.1 cm³/mol. The van der Waals surface area contributed by atoms with E-state index in [0.29, 0.717) is 6.61 Å². The first-order valence-corrected chi connectivity index (χ1v) is 6.59. The lowest BCUT2D eigenvalue weighted by Gasteiger charge is -2.22. The standard InChI is InChI=1S/C15H25NO2/c1-11(2)17-10-14(16-5)13-8-6-7-9-15(13)18-12(3)4/h6-9,11-12,14,16H,10H2,1-5H3. The third kappa shape index (κ3) is 4.67. The molecule has 102 valence electrons. The molecule has 0 saturated carbocycles. The molecule has 0 aliphatic heterocycles. The summed E-state index contributed by atoms with van der Waals surface area (Å²) < 4.78 is 11.5. The average Bonchev–Trinajstić information content (AvgIpc) is 2.30. The van der Waals surface area contributed by atoms with Crippen LogP contribution in [-0.2, 0) is 4.74 Å². The Morgan fingerprint density at radius 3 is 2.28 bits per heavy atom. The molecule has 0 aliphatic carbocycles. The maximum absolute atomic E-state index is 5.84. The maximum atomic E-state index is 5.84. The predicted octanol–water partition coefficient (Wildman–Crippen LogP) is 3.16. The normalized spacial score (nSPS) is 13.1. The van der Waals surface area contributed by atoms with Crippen molar-refractivity contribution in [2.45, 2.75) is 45.9 Å². The van der Waals surface area contributed by atoms with Crippen LogP contribution in [0.2, 0.25) is 0 Å². The van der Waals surface area contributed by atoms with Gasteiger partial charge in [0, 0.05) is 5.56 Å². The number of hydrogen-bond acceptors (Lipinski definition) is 3. The minimum atomic E-state index is 0.155. The van der Waals surface area contributed by atoms with Gasteiger partial charge in [-0.1, -0.05) is 18.2 Å². The van der Waals surface area contributed by atoms with Crippen LogP contribution in [0.4, 0.5) is 0 Å². The van der Waals surface area contributed by atoms with Crippen molar-refractivity contribution in [3.63, 3.8) is 0 Å². The zero-order chi connectivity index (χ0) is 13.5. The zero-order valence-electron chi connectivity index (χ0n) is 12.1. The van der Waals surface area contributed by atoms with Crippen LogP contribution in [0.25, 0.3) is 0 Å². The Labute approximate surface area is 110 Å². The van der Waals surface area contributed by atoms with Crippen LogP contribution in [0.1, 0.15) is 39.3 Å². The third-order valence-electron chi connectivity index (χ3n) is 2.60. The Hall–Kier alpha value is -1.06. The number of hydrogen-bond donors (Lipinski definition) is 1. The molecular weight excluding hydrogens is 226 g/mol. The summed E-state index contributed by atoms with van der Waals surface area (Å²) in [6.45, 7) is 8.81. The fraction of sp³-hybridized carbons (Fsp3) is 0.600. The number of nitrogens with one attached hydrogen (secondary N) is 1. The van der Waals surface area contributed by atoms with Gasteiger partial charge in [-0.3, -0.25) is 0 Å². The second kappa shape index (κ2) is 7.39. The van der Waals surface area contributed by atoms with Gasteiger partial charge >= 0.3 is 0 Å². The van der Waals surface area contributed by atoms with Crippen LogP contribution in [0.5, 0.6) is 5.75 Å². The Bertz CT molecular complexity index is 350. The summed E-state index contributed by atoms with van der Waals surface area (Å²) in [4.78, 5) is 0. The Morgan fingerprint density at radius 1 is 1.06 bits per heavy atom. The first-order chi connectivity index (χ1) is 8.54. The average molecular weight is 251 g/mol. The van der Waals surface area contributed by atoms with Gasteiger partial charge in [-0.25, -0.2) is 0 Å². The van der Waals surface area contributed by atoms with Crippen molar-refractivity contribution >= 4 is 0 Å². The molecule has 0 radical (unpaired) electrons. The molecule has 0 heterocycles. The minimum Gasteiger partial charge on any atom is -0.491 e. The van der Waals surface area contributed by atoms with Gasteiger partial charge in [0.1, 0.15) is 5.75 Å². The van der Waals surface area contributed by atoms with E-state index in [0.717, 1.165) is 11.3 Å².